The van der Waals surface area contributed by atoms with Crippen molar-refractivity contribution in [2.45, 2.75) is 32.4 Å². The van der Waals surface area contributed by atoms with Crippen LogP contribution in [0, 0.1) is 0 Å². The van der Waals surface area contributed by atoms with E-state index in [-0.39, 0.29) is 6.04 Å². The van der Waals surface area contributed by atoms with Crippen molar-refractivity contribution in [3.05, 3.63) is 46.5 Å². The van der Waals surface area contributed by atoms with Crippen LogP contribution in [-0.4, -0.2) is 14.8 Å². The summed E-state index contributed by atoms with van der Waals surface area (Å²) in [6.07, 6.45) is 6.18. The molecule has 0 aliphatic carbocycles. The SMILES string of the molecule is CC(C)n1ncc(Br)c1C(N)Cc1cccnc1. The Labute approximate surface area is 115 Å². The van der Waals surface area contributed by atoms with Crippen LogP contribution in [0.3, 0.4) is 0 Å². The normalized spacial score (nSPS) is 12.9. The van der Waals surface area contributed by atoms with Crippen LogP contribution in [0.4, 0.5) is 0 Å². The molecule has 4 nitrogen and oxygen atoms in total. The van der Waals surface area contributed by atoms with E-state index >= 15 is 0 Å². The minimum absolute atomic E-state index is 0.0894. The van der Waals surface area contributed by atoms with Crippen LogP contribution in [0.1, 0.15) is 37.2 Å². The molecule has 2 aromatic rings. The lowest BCUT2D eigenvalue weighted by atomic mass is 10.1. The maximum Gasteiger partial charge on any atom is 0.0699 e. The van der Waals surface area contributed by atoms with Crippen molar-refractivity contribution in [2.75, 3.05) is 0 Å². The first-order chi connectivity index (χ1) is 8.59. The third-order valence-corrected chi connectivity index (χ3v) is 3.42. The second-order valence-corrected chi connectivity index (χ2v) is 5.44. The number of halogens is 1. The van der Waals surface area contributed by atoms with Gasteiger partial charge in [-0.1, -0.05) is 6.07 Å². The molecule has 0 aliphatic heterocycles. The van der Waals surface area contributed by atoms with Crippen molar-refractivity contribution >= 4 is 15.9 Å². The Bertz CT molecular complexity index is 507. The number of hydrogen-bond acceptors (Lipinski definition) is 3. The van der Waals surface area contributed by atoms with Crippen LogP contribution in [0.25, 0.3) is 0 Å². The number of nitrogens with two attached hydrogens (primary N) is 1. The molecule has 0 bridgehead atoms. The molecule has 1 atom stereocenters. The lowest BCUT2D eigenvalue weighted by molar-refractivity contribution is 0.484. The molecule has 0 amide bonds. The standard InChI is InChI=1S/C13H17BrN4/c1-9(2)18-13(11(14)8-17-18)12(15)6-10-4-3-5-16-7-10/h3-5,7-9,12H,6,15H2,1-2H3. The Morgan fingerprint density at radius 3 is 2.78 bits per heavy atom. The average molecular weight is 309 g/mol. The van der Waals surface area contributed by atoms with Gasteiger partial charge in [-0.3, -0.25) is 9.67 Å². The molecular weight excluding hydrogens is 292 g/mol. The predicted octanol–water partition coefficient (Wildman–Crippen LogP) is 2.86. The largest absolute Gasteiger partial charge is 0.322 e. The molecule has 0 radical (unpaired) electrons. The predicted molar refractivity (Wildman–Crippen MR) is 75.2 cm³/mol. The summed E-state index contributed by atoms with van der Waals surface area (Å²) >= 11 is 3.52. The summed E-state index contributed by atoms with van der Waals surface area (Å²) in [5.74, 6) is 0. The van der Waals surface area contributed by atoms with Crippen molar-refractivity contribution in [1.29, 1.82) is 0 Å². The molecule has 18 heavy (non-hydrogen) atoms. The highest BCUT2D eigenvalue weighted by Crippen LogP contribution is 2.26. The monoisotopic (exact) mass is 308 g/mol. The van der Waals surface area contributed by atoms with E-state index in [0.717, 1.165) is 22.2 Å². The maximum absolute atomic E-state index is 6.29. The minimum Gasteiger partial charge on any atom is -0.322 e. The van der Waals surface area contributed by atoms with Gasteiger partial charge in [-0.2, -0.15) is 5.10 Å². The van der Waals surface area contributed by atoms with Crippen LogP contribution in [-0.2, 0) is 6.42 Å². The Morgan fingerprint density at radius 2 is 2.17 bits per heavy atom. The highest BCUT2D eigenvalue weighted by Gasteiger charge is 2.18. The van der Waals surface area contributed by atoms with Gasteiger partial charge >= 0.3 is 0 Å². The number of pyridine rings is 1. The van der Waals surface area contributed by atoms with Crippen LogP contribution < -0.4 is 5.73 Å². The molecule has 0 saturated heterocycles. The first-order valence-corrected chi connectivity index (χ1v) is 6.76. The van der Waals surface area contributed by atoms with Crippen molar-refractivity contribution < 1.29 is 0 Å². The summed E-state index contributed by atoms with van der Waals surface area (Å²) in [6, 6.07) is 4.17. The molecule has 0 aliphatic rings. The average Bonchev–Trinajstić information content (AvgIpc) is 2.72. The van der Waals surface area contributed by atoms with E-state index < -0.39 is 0 Å². The van der Waals surface area contributed by atoms with E-state index in [2.05, 4.69) is 39.9 Å². The number of hydrogen-bond donors (Lipinski definition) is 1. The van der Waals surface area contributed by atoms with Gasteiger partial charge in [0.05, 0.1) is 22.4 Å². The molecule has 0 spiro atoms. The van der Waals surface area contributed by atoms with Gasteiger partial charge < -0.3 is 5.73 Å². The highest BCUT2D eigenvalue weighted by atomic mass is 79.9. The lowest BCUT2D eigenvalue weighted by Gasteiger charge is -2.17. The van der Waals surface area contributed by atoms with E-state index in [1.54, 1.807) is 12.4 Å². The van der Waals surface area contributed by atoms with Crippen molar-refractivity contribution in [3.63, 3.8) is 0 Å². The van der Waals surface area contributed by atoms with Gasteiger partial charge in [0.2, 0.25) is 0 Å². The zero-order chi connectivity index (χ0) is 13.1. The zero-order valence-corrected chi connectivity index (χ0v) is 12.1. The van der Waals surface area contributed by atoms with Gasteiger partial charge in [0, 0.05) is 18.4 Å². The van der Waals surface area contributed by atoms with Gasteiger partial charge in [0.1, 0.15) is 0 Å². The molecule has 96 valence electrons. The molecule has 2 heterocycles. The molecule has 5 heteroatoms. The highest BCUT2D eigenvalue weighted by molar-refractivity contribution is 9.10. The summed E-state index contributed by atoms with van der Waals surface area (Å²) in [7, 11) is 0. The van der Waals surface area contributed by atoms with E-state index in [0.29, 0.717) is 6.04 Å². The molecule has 2 aromatic heterocycles. The van der Waals surface area contributed by atoms with Gasteiger partial charge in [0.25, 0.3) is 0 Å². The lowest BCUT2D eigenvalue weighted by Crippen LogP contribution is -2.20. The van der Waals surface area contributed by atoms with E-state index in [1.165, 1.54) is 0 Å². The Balaban J connectivity index is 2.23. The van der Waals surface area contributed by atoms with Crippen molar-refractivity contribution in [3.8, 4) is 0 Å². The van der Waals surface area contributed by atoms with Gasteiger partial charge in [-0.05, 0) is 47.8 Å². The zero-order valence-electron chi connectivity index (χ0n) is 10.5. The first-order valence-electron chi connectivity index (χ1n) is 5.97. The minimum atomic E-state index is -0.0894. The Hall–Kier alpha value is -1.20. The Morgan fingerprint density at radius 1 is 1.39 bits per heavy atom. The molecule has 0 saturated carbocycles. The number of aromatic nitrogens is 3. The second-order valence-electron chi connectivity index (χ2n) is 4.59. The summed E-state index contributed by atoms with van der Waals surface area (Å²) in [5, 5.41) is 4.35. The van der Waals surface area contributed by atoms with Crippen molar-refractivity contribution in [1.82, 2.24) is 14.8 Å². The fourth-order valence-corrected chi connectivity index (χ4v) is 2.55. The summed E-state index contributed by atoms with van der Waals surface area (Å²) < 4.78 is 2.93. The molecule has 0 aromatic carbocycles. The van der Waals surface area contributed by atoms with Gasteiger partial charge in [-0.25, -0.2) is 0 Å². The van der Waals surface area contributed by atoms with E-state index in [9.17, 15) is 0 Å². The first kappa shape index (κ1) is 13.2. The molecule has 0 fully saturated rings. The number of rotatable bonds is 4. The Kier molecular flexibility index (Phi) is 4.14. The maximum atomic E-state index is 6.29. The third-order valence-electron chi connectivity index (χ3n) is 2.81. The topological polar surface area (TPSA) is 56.7 Å². The molecule has 2 rings (SSSR count). The fourth-order valence-electron chi connectivity index (χ4n) is 1.98. The van der Waals surface area contributed by atoms with Crippen molar-refractivity contribution in [2.24, 2.45) is 5.73 Å². The summed E-state index contributed by atoms with van der Waals surface area (Å²) in [5.41, 5.74) is 8.46. The number of nitrogens with zero attached hydrogens (tertiary/aromatic N) is 3. The molecule has 1 unspecified atom stereocenters. The van der Waals surface area contributed by atoms with E-state index in [4.69, 9.17) is 5.73 Å². The smallest absolute Gasteiger partial charge is 0.0699 e. The summed E-state index contributed by atoms with van der Waals surface area (Å²) in [4.78, 5) is 4.11. The molecule has 2 N–H and O–H groups in total. The van der Waals surface area contributed by atoms with Gasteiger partial charge in [-0.15, -0.1) is 0 Å². The summed E-state index contributed by atoms with van der Waals surface area (Å²) in [6.45, 7) is 4.19. The van der Waals surface area contributed by atoms with Crippen LogP contribution in [0.15, 0.2) is 35.2 Å². The second kappa shape index (κ2) is 5.63. The van der Waals surface area contributed by atoms with E-state index in [1.807, 2.05) is 23.0 Å². The third kappa shape index (κ3) is 2.79. The van der Waals surface area contributed by atoms with Gasteiger partial charge in [0.15, 0.2) is 0 Å². The van der Waals surface area contributed by atoms with Crippen LogP contribution >= 0.6 is 15.9 Å². The van der Waals surface area contributed by atoms with Crippen LogP contribution in [0.2, 0.25) is 0 Å². The quantitative estimate of drug-likeness (QED) is 0.945. The van der Waals surface area contributed by atoms with Crippen LogP contribution in [0.5, 0.6) is 0 Å². The fraction of sp³-hybridized carbons (Fsp3) is 0.385. The molecular formula is C13H17BrN4.